The van der Waals surface area contributed by atoms with Crippen LogP contribution in [0, 0.1) is 28.8 Å². The van der Waals surface area contributed by atoms with Gasteiger partial charge in [0.25, 0.3) is 0 Å². The van der Waals surface area contributed by atoms with E-state index in [0.29, 0.717) is 18.7 Å². The second kappa shape index (κ2) is 7.51. The number of fused-ring (bicyclic) bond motifs is 1. The lowest BCUT2D eigenvalue weighted by molar-refractivity contribution is -0.161. The predicted molar refractivity (Wildman–Crippen MR) is 99.4 cm³/mol. The molecule has 30 heavy (non-hydrogen) atoms. The van der Waals surface area contributed by atoms with E-state index in [1.165, 1.54) is 20.8 Å². The molecule has 2 heterocycles. The second-order valence-corrected chi connectivity index (χ2v) is 7.96. The topological polar surface area (TPSA) is 49.0 Å². The minimum absolute atomic E-state index is 0.0701. The van der Waals surface area contributed by atoms with Gasteiger partial charge in [-0.05, 0) is 5.41 Å². The highest BCUT2D eigenvalue weighted by Crippen LogP contribution is 2.46. The van der Waals surface area contributed by atoms with E-state index in [9.17, 15) is 30.7 Å². The minimum atomic E-state index is -4.77. The number of hydrogen-bond donors (Lipinski definition) is 3. The molecular weight excluding hydrogens is 417 g/mol. The highest BCUT2D eigenvalue weighted by Gasteiger charge is 2.48. The normalized spacial score (nSPS) is 15.1. The molecule has 1 aliphatic rings. The average molecular weight is 436 g/mol. The molecule has 11 heteroatoms. The number of rotatable bonds is 3. The second-order valence-electron chi connectivity index (χ2n) is 7.96. The zero-order chi connectivity index (χ0) is 22.4. The first kappa shape index (κ1) is 22.0. The van der Waals surface area contributed by atoms with Crippen LogP contribution in [0.4, 0.5) is 47.9 Å². The lowest BCUT2D eigenvalue weighted by atomic mass is 9.85. The molecule has 3 rings (SSSR count). The van der Waals surface area contributed by atoms with Crippen LogP contribution in [0.2, 0.25) is 0 Å². The van der Waals surface area contributed by atoms with Crippen molar-refractivity contribution < 1.29 is 30.7 Å². The maximum Gasteiger partial charge on any atom is 0.409 e. The van der Waals surface area contributed by atoms with Gasteiger partial charge in [-0.2, -0.15) is 22.5 Å². The van der Waals surface area contributed by atoms with Crippen LogP contribution in [0.3, 0.4) is 0 Å². The van der Waals surface area contributed by atoms with Gasteiger partial charge in [0.2, 0.25) is 5.95 Å². The molecule has 3 N–H and O–H groups in total. The largest absolute Gasteiger partial charge is 0.409 e. The number of hydrogen-bond acceptors (Lipinski definition) is 4. The van der Waals surface area contributed by atoms with Gasteiger partial charge in [-0.15, -0.1) is 0 Å². The van der Waals surface area contributed by atoms with Gasteiger partial charge < -0.3 is 16.0 Å². The van der Waals surface area contributed by atoms with Gasteiger partial charge in [0.15, 0.2) is 5.82 Å². The summed E-state index contributed by atoms with van der Waals surface area (Å²) < 4.78 is 98.4. The number of anilines is 3. The molecule has 0 amide bonds. The summed E-state index contributed by atoms with van der Waals surface area (Å²) in [5.74, 6) is -5.72. The van der Waals surface area contributed by atoms with E-state index in [-0.39, 0.29) is 18.1 Å². The first-order chi connectivity index (χ1) is 13.8. The molecule has 0 fully saturated rings. The highest BCUT2D eigenvalue weighted by atomic mass is 19.4. The fraction of sp³-hybridized carbons (Fsp3) is 0.421. The van der Waals surface area contributed by atoms with Crippen molar-refractivity contribution in [1.29, 1.82) is 0 Å². The Kier molecular flexibility index (Phi) is 5.50. The summed E-state index contributed by atoms with van der Waals surface area (Å²) >= 11 is 0. The number of nitrogens with zero attached hydrogens (tertiary/aromatic N) is 1. The summed E-state index contributed by atoms with van der Waals surface area (Å²) in [5, 5.41) is 7.75. The third kappa shape index (κ3) is 4.10. The summed E-state index contributed by atoms with van der Waals surface area (Å²) in [4.78, 5) is 3.60. The van der Waals surface area contributed by atoms with Crippen LogP contribution in [0.5, 0.6) is 0 Å². The minimum Gasteiger partial charge on any atom is -0.379 e. The summed E-state index contributed by atoms with van der Waals surface area (Å²) in [6.45, 7) is 4.49. The fourth-order valence-electron chi connectivity index (χ4n) is 3.31. The molecule has 4 nitrogen and oxygen atoms in total. The summed E-state index contributed by atoms with van der Waals surface area (Å²) in [7, 11) is 0. The van der Waals surface area contributed by atoms with E-state index in [1.54, 1.807) is 0 Å². The van der Waals surface area contributed by atoms with Gasteiger partial charge in [-0.3, -0.25) is 0 Å². The molecule has 1 aromatic heterocycles. The number of pyridine rings is 1. The Morgan fingerprint density at radius 1 is 0.933 bits per heavy atom. The molecule has 0 saturated heterocycles. The van der Waals surface area contributed by atoms with Gasteiger partial charge in [0.05, 0.1) is 16.8 Å². The Morgan fingerprint density at radius 2 is 1.50 bits per heavy atom. The van der Waals surface area contributed by atoms with Crippen LogP contribution in [-0.2, 0) is 0 Å². The van der Waals surface area contributed by atoms with Crippen molar-refractivity contribution in [2.75, 3.05) is 29.0 Å². The Labute approximate surface area is 167 Å². The Morgan fingerprint density at radius 3 is 2.03 bits per heavy atom. The molecule has 1 aliphatic heterocycles. The quantitative estimate of drug-likeness (QED) is 0.437. The number of nitrogens with one attached hydrogen (secondary N) is 3. The van der Waals surface area contributed by atoms with Gasteiger partial charge in [0, 0.05) is 25.2 Å². The third-order valence-electron chi connectivity index (χ3n) is 4.61. The summed E-state index contributed by atoms with van der Waals surface area (Å²) in [6.07, 6.45) is -4.77. The van der Waals surface area contributed by atoms with Gasteiger partial charge >= 0.3 is 6.18 Å². The van der Waals surface area contributed by atoms with Crippen molar-refractivity contribution in [2.24, 2.45) is 5.41 Å². The van der Waals surface area contributed by atoms with Crippen LogP contribution >= 0.6 is 0 Å². The van der Waals surface area contributed by atoms with Crippen molar-refractivity contribution >= 4 is 17.2 Å². The van der Waals surface area contributed by atoms with Crippen molar-refractivity contribution in [2.45, 2.75) is 33.0 Å². The predicted octanol–water partition coefficient (Wildman–Crippen LogP) is 5.53. The SMILES string of the molecule is CC(C)(C)C(Nc1c2c(nc(F)c1-c1c(F)cc(F)cc1F)NCCN2)C(F)(F)F. The molecule has 1 aromatic carbocycles. The third-order valence-corrected chi connectivity index (χ3v) is 4.61. The molecule has 1 atom stereocenters. The molecule has 0 aliphatic carbocycles. The zero-order valence-electron chi connectivity index (χ0n) is 16.2. The lowest BCUT2D eigenvalue weighted by Gasteiger charge is -2.36. The molecule has 0 radical (unpaired) electrons. The standard InChI is InChI=1S/C19H19F7N4/c1-18(2,3)17(19(24,25)26)29-13-12(11-9(21)6-8(20)7-10(11)22)15(23)30-16-14(13)27-4-5-28-16/h6-7,17,27H,4-5H2,1-3H3,(H2,28,29,30). The molecule has 0 spiro atoms. The molecule has 2 aromatic rings. The monoisotopic (exact) mass is 436 g/mol. The Balaban J connectivity index is 2.32. The van der Waals surface area contributed by atoms with E-state index in [2.05, 4.69) is 20.9 Å². The zero-order valence-corrected chi connectivity index (χ0v) is 16.2. The smallest absolute Gasteiger partial charge is 0.379 e. The van der Waals surface area contributed by atoms with Crippen LogP contribution < -0.4 is 16.0 Å². The van der Waals surface area contributed by atoms with Gasteiger partial charge in [-0.1, -0.05) is 20.8 Å². The van der Waals surface area contributed by atoms with Crippen molar-refractivity contribution in [1.82, 2.24) is 4.98 Å². The van der Waals surface area contributed by atoms with Gasteiger partial charge in [-0.25, -0.2) is 13.2 Å². The van der Waals surface area contributed by atoms with Crippen molar-refractivity contribution in [3.63, 3.8) is 0 Å². The number of aromatic nitrogens is 1. The maximum atomic E-state index is 14.9. The van der Waals surface area contributed by atoms with Crippen LogP contribution in [0.1, 0.15) is 20.8 Å². The average Bonchev–Trinajstić information content (AvgIpc) is 2.58. The fourth-order valence-corrected chi connectivity index (χ4v) is 3.31. The maximum absolute atomic E-state index is 14.9. The Bertz CT molecular complexity index is 930. The molecule has 164 valence electrons. The van der Waals surface area contributed by atoms with Crippen LogP contribution in [-0.4, -0.2) is 30.3 Å². The molecule has 1 unspecified atom stereocenters. The molecule has 0 bridgehead atoms. The van der Waals surface area contributed by atoms with E-state index in [0.717, 1.165) is 0 Å². The molecular formula is C19H19F7N4. The Hall–Kier alpha value is -2.72. The van der Waals surface area contributed by atoms with Crippen LogP contribution in [0.25, 0.3) is 11.1 Å². The number of halogens is 7. The van der Waals surface area contributed by atoms with Gasteiger partial charge in [0.1, 0.15) is 29.2 Å². The lowest BCUT2D eigenvalue weighted by Crippen LogP contribution is -2.46. The number of alkyl halides is 3. The summed E-state index contributed by atoms with van der Waals surface area (Å²) in [6, 6.07) is -1.57. The summed E-state index contributed by atoms with van der Waals surface area (Å²) in [5.41, 5.74) is -3.87. The van der Waals surface area contributed by atoms with E-state index >= 15 is 0 Å². The number of benzene rings is 1. The first-order valence-corrected chi connectivity index (χ1v) is 9.00. The van der Waals surface area contributed by atoms with E-state index in [4.69, 9.17) is 0 Å². The van der Waals surface area contributed by atoms with E-state index in [1.807, 2.05) is 0 Å². The van der Waals surface area contributed by atoms with Crippen molar-refractivity contribution in [3.8, 4) is 11.1 Å². The molecule has 0 saturated carbocycles. The van der Waals surface area contributed by atoms with Crippen molar-refractivity contribution in [3.05, 3.63) is 35.5 Å². The van der Waals surface area contributed by atoms with Crippen LogP contribution in [0.15, 0.2) is 12.1 Å². The van der Waals surface area contributed by atoms with E-state index < -0.39 is 57.8 Å². The highest BCUT2D eigenvalue weighted by molar-refractivity contribution is 5.93. The first-order valence-electron chi connectivity index (χ1n) is 9.00.